The fourth-order valence-electron chi connectivity index (χ4n) is 2.84. The van der Waals surface area contributed by atoms with Crippen LogP contribution in [0.4, 0.5) is 0 Å². The lowest BCUT2D eigenvalue weighted by Crippen LogP contribution is -2.17. The Hall–Kier alpha value is -2.88. The Bertz CT molecular complexity index is 879. The molecular weight excluding hydrogens is 298 g/mol. The molecule has 3 aromatic rings. The van der Waals surface area contributed by atoms with Gasteiger partial charge >= 0.3 is 0 Å². The van der Waals surface area contributed by atoms with Crippen molar-refractivity contribution in [3.8, 4) is 0 Å². The summed E-state index contributed by atoms with van der Waals surface area (Å²) in [7, 11) is 2.04. The molecule has 1 N–H and O–H groups in total. The molecule has 4 nitrogen and oxygen atoms in total. The van der Waals surface area contributed by atoms with Gasteiger partial charge in [0.25, 0.3) is 0 Å². The number of carbonyl (C=O) groups is 1. The third kappa shape index (κ3) is 3.38. The number of hydrogen-bond acceptors (Lipinski definition) is 2. The molecule has 0 aliphatic rings. The van der Waals surface area contributed by atoms with Crippen molar-refractivity contribution in [1.82, 2.24) is 9.99 Å². The van der Waals surface area contributed by atoms with Gasteiger partial charge in [-0.15, -0.1) is 0 Å². The lowest BCUT2D eigenvalue weighted by atomic mass is 10.1. The predicted octanol–water partition coefficient (Wildman–Crippen LogP) is 3.57. The zero-order valence-corrected chi connectivity index (χ0v) is 14.0. The van der Waals surface area contributed by atoms with Crippen molar-refractivity contribution in [3.05, 3.63) is 71.4 Å². The van der Waals surface area contributed by atoms with Crippen molar-refractivity contribution in [2.24, 2.45) is 12.1 Å². The Morgan fingerprint density at radius 3 is 2.62 bits per heavy atom. The van der Waals surface area contributed by atoms with Crippen LogP contribution in [0.15, 0.2) is 59.7 Å². The number of hydrazone groups is 1. The van der Waals surface area contributed by atoms with Gasteiger partial charge in [0.15, 0.2) is 0 Å². The Kier molecular flexibility index (Phi) is 4.75. The molecule has 1 amide bonds. The van der Waals surface area contributed by atoms with Gasteiger partial charge in [-0.05, 0) is 25.0 Å². The number of carbonyl (C=O) groups excluding carboxylic acids is 1. The van der Waals surface area contributed by atoms with Crippen LogP contribution in [-0.2, 0) is 18.3 Å². The zero-order chi connectivity index (χ0) is 16.9. The molecule has 122 valence electrons. The maximum Gasteiger partial charge on any atom is 0.240 e. The van der Waals surface area contributed by atoms with Crippen LogP contribution in [0.3, 0.4) is 0 Å². The summed E-state index contributed by atoms with van der Waals surface area (Å²) in [5.41, 5.74) is 7.10. The molecule has 0 spiro atoms. The number of nitrogens with one attached hydrogen (secondary N) is 1. The van der Waals surface area contributed by atoms with E-state index in [4.69, 9.17) is 0 Å². The molecular formula is C20H21N3O. The van der Waals surface area contributed by atoms with Crippen LogP contribution in [-0.4, -0.2) is 16.7 Å². The van der Waals surface area contributed by atoms with E-state index in [0.717, 1.165) is 34.1 Å². The number of para-hydroxylation sites is 1. The van der Waals surface area contributed by atoms with Crippen LogP contribution in [0.1, 0.15) is 23.2 Å². The number of amides is 1. The molecule has 0 atom stereocenters. The summed E-state index contributed by atoms with van der Waals surface area (Å²) in [4.78, 5) is 11.9. The molecule has 0 saturated heterocycles. The van der Waals surface area contributed by atoms with Gasteiger partial charge in [-0.25, -0.2) is 5.43 Å². The number of rotatable bonds is 5. The quantitative estimate of drug-likeness (QED) is 0.567. The second-order valence-corrected chi connectivity index (χ2v) is 5.85. The third-order valence-corrected chi connectivity index (χ3v) is 4.31. The normalized spacial score (nSPS) is 11.2. The summed E-state index contributed by atoms with van der Waals surface area (Å²) in [5.74, 6) is -0.0759. The van der Waals surface area contributed by atoms with E-state index in [2.05, 4.69) is 34.2 Å². The number of hydrogen-bond donors (Lipinski definition) is 1. The SMILES string of the molecule is Cc1c(/C=N\NC(=O)CCc2ccccc2)c2ccccc2n1C. The van der Waals surface area contributed by atoms with E-state index >= 15 is 0 Å². The monoisotopic (exact) mass is 319 g/mol. The Balaban J connectivity index is 1.64. The molecule has 0 bridgehead atoms. The minimum atomic E-state index is -0.0759. The second kappa shape index (κ2) is 7.13. The smallest absolute Gasteiger partial charge is 0.240 e. The van der Waals surface area contributed by atoms with E-state index in [9.17, 15) is 4.79 Å². The minimum Gasteiger partial charge on any atom is -0.347 e. The number of aryl methyl sites for hydroxylation is 2. The summed E-state index contributed by atoms with van der Waals surface area (Å²) < 4.78 is 2.13. The zero-order valence-electron chi connectivity index (χ0n) is 14.0. The maximum absolute atomic E-state index is 11.9. The van der Waals surface area contributed by atoms with Gasteiger partial charge in [0.1, 0.15) is 0 Å². The highest BCUT2D eigenvalue weighted by Gasteiger charge is 2.09. The van der Waals surface area contributed by atoms with Gasteiger partial charge in [0.2, 0.25) is 5.91 Å². The molecule has 3 rings (SSSR count). The fourth-order valence-corrected chi connectivity index (χ4v) is 2.84. The first-order valence-electron chi connectivity index (χ1n) is 8.06. The van der Waals surface area contributed by atoms with Gasteiger partial charge in [0.05, 0.1) is 6.21 Å². The molecule has 2 aromatic carbocycles. The van der Waals surface area contributed by atoms with Crippen LogP contribution in [0.5, 0.6) is 0 Å². The topological polar surface area (TPSA) is 46.4 Å². The van der Waals surface area contributed by atoms with Crippen molar-refractivity contribution in [3.63, 3.8) is 0 Å². The molecule has 0 aliphatic carbocycles. The first-order valence-corrected chi connectivity index (χ1v) is 8.06. The van der Waals surface area contributed by atoms with Crippen LogP contribution in [0.2, 0.25) is 0 Å². The molecule has 0 unspecified atom stereocenters. The van der Waals surface area contributed by atoms with E-state index in [0.29, 0.717) is 6.42 Å². The summed E-state index contributed by atoms with van der Waals surface area (Å²) >= 11 is 0. The molecule has 0 saturated carbocycles. The molecule has 1 heterocycles. The van der Waals surface area contributed by atoms with Crippen molar-refractivity contribution in [2.75, 3.05) is 0 Å². The third-order valence-electron chi connectivity index (χ3n) is 4.31. The van der Waals surface area contributed by atoms with Crippen molar-refractivity contribution in [2.45, 2.75) is 19.8 Å². The van der Waals surface area contributed by atoms with Gasteiger partial charge in [-0.1, -0.05) is 48.5 Å². The standard InChI is InChI=1S/C20H21N3O/c1-15-18(17-10-6-7-11-19(17)23(15)2)14-21-22-20(24)13-12-16-8-4-3-5-9-16/h3-11,14H,12-13H2,1-2H3,(H,22,24)/b21-14-. The summed E-state index contributed by atoms with van der Waals surface area (Å²) in [5, 5.41) is 5.28. The summed E-state index contributed by atoms with van der Waals surface area (Å²) in [6.45, 7) is 2.05. The number of nitrogens with zero attached hydrogens (tertiary/aromatic N) is 2. The molecule has 24 heavy (non-hydrogen) atoms. The highest BCUT2D eigenvalue weighted by atomic mass is 16.2. The van der Waals surface area contributed by atoms with Crippen LogP contribution >= 0.6 is 0 Å². The number of fused-ring (bicyclic) bond motifs is 1. The first-order chi connectivity index (χ1) is 11.7. The lowest BCUT2D eigenvalue weighted by Gasteiger charge is -2.01. The number of benzene rings is 2. The lowest BCUT2D eigenvalue weighted by molar-refractivity contribution is -0.121. The Labute approximate surface area is 141 Å². The summed E-state index contributed by atoms with van der Waals surface area (Å²) in [6.07, 6.45) is 2.88. The first kappa shape index (κ1) is 16.0. The predicted molar refractivity (Wildman–Crippen MR) is 98.2 cm³/mol. The summed E-state index contributed by atoms with van der Waals surface area (Å²) in [6, 6.07) is 18.2. The highest BCUT2D eigenvalue weighted by molar-refractivity contribution is 6.01. The van der Waals surface area contributed by atoms with Crippen LogP contribution < -0.4 is 5.43 Å². The van der Waals surface area contributed by atoms with Crippen LogP contribution in [0.25, 0.3) is 10.9 Å². The van der Waals surface area contributed by atoms with E-state index in [1.807, 2.05) is 49.5 Å². The maximum atomic E-state index is 11.9. The van der Waals surface area contributed by atoms with Gasteiger partial charge in [0, 0.05) is 35.6 Å². The molecule has 4 heteroatoms. The van der Waals surface area contributed by atoms with Crippen molar-refractivity contribution in [1.29, 1.82) is 0 Å². The highest BCUT2D eigenvalue weighted by Crippen LogP contribution is 2.22. The van der Waals surface area contributed by atoms with Crippen molar-refractivity contribution >= 4 is 23.0 Å². The average molecular weight is 319 g/mol. The molecule has 0 radical (unpaired) electrons. The fraction of sp³-hybridized carbons (Fsp3) is 0.200. The van der Waals surface area contributed by atoms with Gasteiger partial charge in [-0.3, -0.25) is 4.79 Å². The van der Waals surface area contributed by atoms with Gasteiger partial charge in [-0.2, -0.15) is 5.10 Å². The second-order valence-electron chi connectivity index (χ2n) is 5.85. The van der Waals surface area contributed by atoms with E-state index < -0.39 is 0 Å². The molecule has 0 aliphatic heterocycles. The minimum absolute atomic E-state index is 0.0759. The van der Waals surface area contributed by atoms with Crippen molar-refractivity contribution < 1.29 is 4.79 Å². The Morgan fingerprint density at radius 1 is 1.12 bits per heavy atom. The van der Waals surface area contributed by atoms with E-state index in [1.165, 1.54) is 0 Å². The molecule has 1 aromatic heterocycles. The van der Waals surface area contributed by atoms with E-state index in [-0.39, 0.29) is 5.91 Å². The van der Waals surface area contributed by atoms with Gasteiger partial charge < -0.3 is 4.57 Å². The van der Waals surface area contributed by atoms with Crippen LogP contribution in [0, 0.1) is 6.92 Å². The number of aromatic nitrogens is 1. The Morgan fingerprint density at radius 2 is 1.83 bits per heavy atom. The largest absolute Gasteiger partial charge is 0.347 e. The average Bonchev–Trinajstić information content (AvgIpc) is 2.86. The molecule has 0 fully saturated rings. The van der Waals surface area contributed by atoms with E-state index in [1.54, 1.807) is 6.21 Å².